The first kappa shape index (κ1) is 20.2. The molecule has 0 aliphatic carbocycles. The topological polar surface area (TPSA) is 81.7 Å². The summed E-state index contributed by atoms with van der Waals surface area (Å²) in [4.78, 5) is 35.9. The summed E-state index contributed by atoms with van der Waals surface area (Å²) in [5.41, 5.74) is 1.36. The second-order valence-electron chi connectivity index (χ2n) is 6.45. The van der Waals surface area contributed by atoms with Crippen LogP contribution in [0.25, 0.3) is 0 Å². The monoisotopic (exact) mass is 369 g/mol. The van der Waals surface area contributed by atoms with Crippen molar-refractivity contribution in [1.82, 2.24) is 0 Å². The highest BCUT2D eigenvalue weighted by Crippen LogP contribution is 2.14. The van der Waals surface area contributed by atoms with Gasteiger partial charge in [-0.1, -0.05) is 13.8 Å². The van der Waals surface area contributed by atoms with Crippen molar-refractivity contribution >= 4 is 23.3 Å². The molecule has 0 saturated heterocycles. The summed E-state index contributed by atoms with van der Waals surface area (Å²) < 4.78 is 10.1. The van der Waals surface area contributed by atoms with Crippen molar-refractivity contribution in [2.24, 2.45) is 5.92 Å². The summed E-state index contributed by atoms with van der Waals surface area (Å²) in [6.07, 6.45) is 0.433. The zero-order chi connectivity index (χ0) is 19.8. The summed E-state index contributed by atoms with van der Waals surface area (Å²) in [7, 11) is 1.53. The Bertz CT molecular complexity index is 794. The molecular weight excluding hydrogens is 346 g/mol. The molecule has 0 radical (unpaired) electrons. The van der Waals surface area contributed by atoms with E-state index < -0.39 is 5.97 Å². The van der Waals surface area contributed by atoms with Crippen LogP contribution in [-0.4, -0.2) is 31.4 Å². The second kappa shape index (κ2) is 9.52. The van der Waals surface area contributed by atoms with E-state index in [0.717, 1.165) is 0 Å². The standard InChI is InChI=1S/C21H23NO5/c1-14(2)12-20(24)22-17-8-4-15(5-9-17)19(23)13-27-21(25)16-6-10-18(26-3)11-7-16/h4-11,14H,12-13H2,1-3H3,(H,22,24). The molecule has 2 aromatic rings. The number of amides is 1. The van der Waals surface area contributed by atoms with Crippen LogP contribution in [0.2, 0.25) is 0 Å². The van der Waals surface area contributed by atoms with E-state index in [1.807, 2.05) is 13.8 Å². The van der Waals surface area contributed by atoms with Gasteiger partial charge in [0.2, 0.25) is 5.91 Å². The van der Waals surface area contributed by atoms with Crippen molar-refractivity contribution in [3.63, 3.8) is 0 Å². The molecule has 0 aliphatic heterocycles. The molecule has 1 amide bonds. The van der Waals surface area contributed by atoms with Gasteiger partial charge >= 0.3 is 5.97 Å². The Hall–Kier alpha value is -3.15. The van der Waals surface area contributed by atoms with Gasteiger partial charge in [-0.15, -0.1) is 0 Å². The average Bonchev–Trinajstić information content (AvgIpc) is 2.65. The normalized spacial score (nSPS) is 10.4. The lowest BCUT2D eigenvalue weighted by Crippen LogP contribution is -2.15. The number of rotatable bonds is 8. The predicted molar refractivity (Wildman–Crippen MR) is 102 cm³/mol. The van der Waals surface area contributed by atoms with Gasteiger partial charge < -0.3 is 14.8 Å². The van der Waals surface area contributed by atoms with Crippen LogP contribution in [0.4, 0.5) is 5.69 Å². The molecule has 0 fully saturated rings. The molecular formula is C21H23NO5. The third kappa shape index (κ3) is 6.26. The fraction of sp³-hybridized carbons (Fsp3) is 0.286. The van der Waals surface area contributed by atoms with Crippen molar-refractivity contribution in [2.75, 3.05) is 19.0 Å². The summed E-state index contributed by atoms with van der Waals surface area (Å²) >= 11 is 0. The van der Waals surface area contributed by atoms with Crippen LogP contribution in [-0.2, 0) is 9.53 Å². The first-order valence-corrected chi connectivity index (χ1v) is 8.63. The number of hydrogen-bond donors (Lipinski definition) is 1. The van der Waals surface area contributed by atoms with Crippen molar-refractivity contribution in [3.8, 4) is 5.75 Å². The number of ketones is 1. The molecule has 0 spiro atoms. The summed E-state index contributed by atoms with van der Waals surface area (Å²) in [6.45, 7) is 3.58. The van der Waals surface area contributed by atoms with E-state index in [4.69, 9.17) is 9.47 Å². The van der Waals surface area contributed by atoms with Crippen molar-refractivity contribution in [3.05, 3.63) is 59.7 Å². The van der Waals surface area contributed by atoms with Crippen LogP contribution in [0, 0.1) is 5.92 Å². The van der Waals surface area contributed by atoms with Gasteiger partial charge in [0.25, 0.3) is 0 Å². The van der Waals surface area contributed by atoms with Gasteiger partial charge in [-0.05, 0) is 54.4 Å². The highest BCUT2D eigenvalue weighted by atomic mass is 16.5. The second-order valence-corrected chi connectivity index (χ2v) is 6.45. The Morgan fingerprint density at radius 1 is 0.926 bits per heavy atom. The third-order valence-electron chi connectivity index (χ3n) is 3.74. The van der Waals surface area contributed by atoms with Gasteiger partial charge in [0.05, 0.1) is 12.7 Å². The molecule has 6 heteroatoms. The van der Waals surface area contributed by atoms with E-state index in [-0.39, 0.29) is 24.2 Å². The average molecular weight is 369 g/mol. The first-order valence-electron chi connectivity index (χ1n) is 8.63. The number of Topliss-reactive ketones (excluding diaryl/α,β-unsaturated/α-hetero) is 1. The minimum absolute atomic E-state index is 0.0718. The molecule has 0 aliphatic rings. The molecule has 0 bridgehead atoms. The van der Waals surface area contributed by atoms with Gasteiger partial charge in [-0.2, -0.15) is 0 Å². The van der Waals surface area contributed by atoms with Gasteiger partial charge in [-0.3, -0.25) is 9.59 Å². The molecule has 2 aromatic carbocycles. The molecule has 27 heavy (non-hydrogen) atoms. The fourth-order valence-corrected chi connectivity index (χ4v) is 2.35. The van der Waals surface area contributed by atoms with Crippen LogP contribution < -0.4 is 10.1 Å². The largest absolute Gasteiger partial charge is 0.497 e. The molecule has 1 N–H and O–H groups in total. The maximum atomic E-state index is 12.2. The van der Waals surface area contributed by atoms with E-state index in [9.17, 15) is 14.4 Å². The Morgan fingerprint density at radius 3 is 2.07 bits per heavy atom. The van der Waals surface area contributed by atoms with Crippen LogP contribution >= 0.6 is 0 Å². The number of carbonyl (C=O) groups excluding carboxylic acids is 3. The minimum Gasteiger partial charge on any atom is -0.497 e. The lowest BCUT2D eigenvalue weighted by atomic mass is 10.1. The summed E-state index contributed by atoms with van der Waals surface area (Å²) in [5, 5.41) is 2.77. The van der Waals surface area contributed by atoms with Crippen molar-refractivity contribution in [1.29, 1.82) is 0 Å². The number of esters is 1. The third-order valence-corrected chi connectivity index (χ3v) is 3.74. The van der Waals surface area contributed by atoms with Gasteiger partial charge in [0.15, 0.2) is 12.4 Å². The predicted octanol–water partition coefficient (Wildman–Crippen LogP) is 3.72. The molecule has 0 saturated carbocycles. The van der Waals surface area contributed by atoms with Crippen molar-refractivity contribution in [2.45, 2.75) is 20.3 Å². The molecule has 0 unspecified atom stereocenters. The van der Waals surface area contributed by atoms with Crippen LogP contribution in [0.1, 0.15) is 41.0 Å². The Balaban J connectivity index is 1.88. The zero-order valence-electron chi connectivity index (χ0n) is 15.7. The highest BCUT2D eigenvalue weighted by molar-refractivity contribution is 6.00. The highest BCUT2D eigenvalue weighted by Gasteiger charge is 2.12. The molecule has 0 aromatic heterocycles. The Labute approximate surface area is 158 Å². The number of ether oxygens (including phenoxy) is 2. The van der Waals surface area contributed by atoms with E-state index >= 15 is 0 Å². The molecule has 0 heterocycles. The molecule has 142 valence electrons. The fourth-order valence-electron chi connectivity index (χ4n) is 2.35. The molecule has 2 rings (SSSR count). The lowest BCUT2D eigenvalue weighted by Gasteiger charge is -2.08. The summed E-state index contributed by atoms with van der Waals surface area (Å²) in [5.74, 6) is -0.0765. The quantitative estimate of drug-likeness (QED) is 0.566. The summed E-state index contributed by atoms with van der Waals surface area (Å²) in [6, 6.07) is 12.9. The lowest BCUT2D eigenvalue weighted by molar-refractivity contribution is -0.116. The Kier molecular flexibility index (Phi) is 7.11. The first-order chi connectivity index (χ1) is 12.9. The van der Waals surface area contributed by atoms with E-state index in [1.165, 1.54) is 7.11 Å². The van der Waals surface area contributed by atoms with Gasteiger partial charge in [0.1, 0.15) is 5.75 Å². The maximum absolute atomic E-state index is 12.2. The number of hydrogen-bond acceptors (Lipinski definition) is 5. The van der Waals surface area contributed by atoms with Crippen LogP contribution in [0.15, 0.2) is 48.5 Å². The number of benzene rings is 2. The minimum atomic E-state index is -0.580. The van der Waals surface area contributed by atoms with Crippen molar-refractivity contribution < 1.29 is 23.9 Å². The maximum Gasteiger partial charge on any atom is 0.338 e. The number of carbonyl (C=O) groups is 3. The van der Waals surface area contributed by atoms with Gasteiger partial charge in [-0.25, -0.2) is 4.79 Å². The molecule has 0 atom stereocenters. The van der Waals surface area contributed by atoms with Gasteiger partial charge in [0, 0.05) is 17.7 Å². The number of anilines is 1. The molecule has 6 nitrogen and oxygen atoms in total. The van der Waals surface area contributed by atoms with E-state index in [1.54, 1.807) is 48.5 Å². The number of nitrogens with one attached hydrogen (secondary N) is 1. The zero-order valence-corrected chi connectivity index (χ0v) is 15.7. The van der Waals surface area contributed by atoms with E-state index in [0.29, 0.717) is 29.0 Å². The number of methoxy groups -OCH3 is 1. The van der Waals surface area contributed by atoms with Crippen LogP contribution in [0.3, 0.4) is 0 Å². The SMILES string of the molecule is COc1ccc(C(=O)OCC(=O)c2ccc(NC(=O)CC(C)C)cc2)cc1. The Morgan fingerprint density at radius 2 is 1.52 bits per heavy atom. The van der Waals surface area contributed by atoms with E-state index in [2.05, 4.69) is 5.32 Å². The van der Waals surface area contributed by atoms with Crippen LogP contribution in [0.5, 0.6) is 5.75 Å². The smallest absolute Gasteiger partial charge is 0.338 e.